The Morgan fingerprint density at radius 3 is 2.90 bits per heavy atom. The van der Waals surface area contributed by atoms with Gasteiger partial charge in [0.05, 0.1) is 0 Å². The number of fused-ring (bicyclic) bond motifs is 1. The Labute approximate surface area is 129 Å². The first-order valence-corrected chi connectivity index (χ1v) is 7.87. The standard InChI is InChI=1S/C15H20N4OS/c16-14(21)10-4-5-12(17-9-10)15(20)18-11-6-8-19-7-2-1-3-13(11)19/h4-5,9,11,13H,1-3,6-8H2,(H2,16,21)(H,18,20). The SMILES string of the molecule is NC(=S)c1ccc(C(=O)NC2CCN3CCCCC23)nc1. The fraction of sp³-hybridized carbons (Fsp3) is 0.533. The number of carbonyl (C=O) groups excluding carboxylic acids is 1. The summed E-state index contributed by atoms with van der Waals surface area (Å²) >= 11 is 4.88. The summed E-state index contributed by atoms with van der Waals surface area (Å²) in [7, 11) is 0. The van der Waals surface area contributed by atoms with Gasteiger partial charge in [0.25, 0.3) is 5.91 Å². The van der Waals surface area contributed by atoms with Crippen LogP contribution in [0.2, 0.25) is 0 Å². The van der Waals surface area contributed by atoms with Crippen LogP contribution >= 0.6 is 12.2 Å². The minimum Gasteiger partial charge on any atom is -0.389 e. The van der Waals surface area contributed by atoms with Crippen molar-refractivity contribution < 1.29 is 4.79 Å². The third kappa shape index (κ3) is 3.06. The fourth-order valence-corrected chi connectivity index (χ4v) is 3.45. The van der Waals surface area contributed by atoms with Gasteiger partial charge < -0.3 is 11.1 Å². The van der Waals surface area contributed by atoms with Gasteiger partial charge in [0.15, 0.2) is 0 Å². The number of hydrogen-bond donors (Lipinski definition) is 2. The fourth-order valence-electron chi connectivity index (χ4n) is 3.33. The van der Waals surface area contributed by atoms with E-state index in [4.69, 9.17) is 18.0 Å². The van der Waals surface area contributed by atoms with E-state index in [-0.39, 0.29) is 11.9 Å². The highest BCUT2D eigenvalue weighted by atomic mass is 32.1. The van der Waals surface area contributed by atoms with Gasteiger partial charge in [0.2, 0.25) is 0 Å². The van der Waals surface area contributed by atoms with E-state index < -0.39 is 0 Å². The number of pyridine rings is 1. The zero-order chi connectivity index (χ0) is 14.8. The molecule has 2 saturated heterocycles. The van der Waals surface area contributed by atoms with Gasteiger partial charge in [-0.05, 0) is 37.9 Å². The molecule has 1 aromatic rings. The summed E-state index contributed by atoms with van der Waals surface area (Å²) in [5, 5.41) is 3.14. The van der Waals surface area contributed by atoms with Gasteiger partial charge in [-0.1, -0.05) is 18.6 Å². The highest BCUT2D eigenvalue weighted by Gasteiger charge is 2.36. The Hall–Kier alpha value is -1.53. The normalized spacial score (nSPS) is 25.3. The molecule has 0 spiro atoms. The third-order valence-corrected chi connectivity index (χ3v) is 4.69. The molecule has 112 valence electrons. The number of hydrogen-bond acceptors (Lipinski definition) is 4. The zero-order valence-electron chi connectivity index (χ0n) is 11.9. The van der Waals surface area contributed by atoms with E-state index >= 15 is 0 Å². The van der Waals surface area contributed by atoms with Crippen LogP contribution in [0.15, 0.2) is 18.3 Å². The maximum absolute atomic E-state index is 12.3. The molecule has 0 aliphatic carbocycles. The lowest BCUT2D eigenvalue weighted by atomic mass is 9.99. The molecule has 2 atom stereocenters. The predicted molar refractivity (Wildman–Crippen MR) is 85.2 cm³/mol. The summed E-state index contributed by atoms with van der Waals surface area (Å²) in [6, 6.07) is 4.16. The van der Waals surface area contributed by atoms with E-state index in [0.717, 1.165) is 19.5 Å². The van der Waals surface area contributed by atoms with Crippen molar-refractivity contribution in [1.29, 1.82) is 0 Å². The molecule has 21 heavy (non-hydrogen) atoms. The van der Waals surface area contributed by atoms with Gasteiger partial charge >= 0.3 is 0 Å². The number of carbonyl (C=O) groups is 1. The van der Waals surface area contributed by atoms with E-state index in [1.165, 1.54) is 19.3 Å². The highest BCUT2D eigenvalue weighted by molar-refractivity contribution is 7.80. The number of thiocarbonyl (C=S) groups is 1. The summed E-state index contributed by atoms with van der Waals surface area (Å²) in [6.07, 6.45) is 6.30. The monoisotopic (exact) mass is 304 g/mol. The van der Waals surface area contributed by atoms with Crippen molar-refractivity contribution in [3.05, 3.63) is 29.6 Å². The van der Waals surface area contributed by atoms with Crippen LogP contribution in [0.4, 0.5) is 0 Å². The highest BCUT2D eigenvalue weighted by Crippen LogP contribution is 2.27. The largest absolute Gasteiger partial charge is 0.389 e. The van der Waals surface area contributed by atoms with Gasteiger partial charge in [-0.3, -0.25) is 14.7 Å². The molecule has 2 unspecified atom stereocenters. The van der Waals surface area contributed by atoms with E-state index in [2.05, 4.69) is 15.2 Å². The second-order valence-electron chi connectivity index (χ2n) is 5.76. The summed E-state index contributed by atoms with van der Waals surface area (Å²) in [4.78, 5) is 19.2. The minimum absolute atomic E-state index is 0.109. The maximum Gasteiger partial charge on any atom is 0.270 e. The number of amides is 1. The molecule has 2 aliphatic heterocycles. The first-order chi connectivity index (χ1) is 10.1. The smallest absolute Gasteiger partial charge is 0.270 e. The Kier molecular flexibility index (Phi) is 4.17. The molecule has 0 bridgehead atoms. The average molecular weight is 304 g/mol. The maximum atomic E-state index is 12.3. The number of nitrogens with two attached hydrogens (primary N) is 1. The van der Waals surface area contributed by atoms with Gasteiger partial charge in [0.1, 0.15) is 10.7 Å². The molecule has 3 rings (SSSR count). The Bertz CT molecular complexity index is 545. The van der Waals surface area contributed by atoms with Crippen LogP contribution in [0.5, 0.6) is 0 Å². The Morgan fingerprint density at radius 1 is 1.33 bits per heavy atom. The van der Waals surface area contributed by atoms with Crippen LogP contribution in [0.3, 0.4) is 0 Å². The molecule has 0 radical (unpaired) electrons. The van der Waals surface area contributed by atoms with Crippen molar-refractivity contribution in [3.63, 3.8) is 0 Å². The average Bonchev–Trinajstić information content (AvgIpc) is 2.91. The molecular formula is C15H20N4OS. The first-order valence-electron chi connectivity index (χ1n) is 7.46. The summed E-state index contributed by atoms with van der Waals surface area (Å²) < 4.78 is 0. The topological polar surface area (TPSA) is 71.2 Å². The number of piperidine rings is 1. The van der Waals surface area contributed by atoms with Crippen LogP contribution in [-0.2, 0) is 0 Å². The third-order valence-electron chi connectivity index (χ3n) is 4.45. The molecule has 6 heteroatoms. The number of aromatic nitrogens is 1. The molecule has 3 N–H and O–H groups in total. The van der Waals surface area contributed by atoms with E-state index in [0.29, 0.717) is 22.3 Å². The van der Waals surface area contributed by atoms with Crippen molar-refractivity contribution >= 4 is 23.1 Å². The van der Waals surface area contributed by atoms with Crippen molar-refractivity contribution in [2.75, 3.05) is 13.1 Å². The molecule has 3 heterocycles. The number of rotatable bonds is 3. The molecule has 1 aromatic heterocycles. The summed E-state index contributed by atoms with van der Waals surface area (Å²) in [5.41, 5.74) is 6.63. The lowest BCUT2D eigenvalue weighted by Gasteiger charge is -2.32. The van der Waals surface area contributed by atoms with Crippen LogP contribution in [-0.4, -0.2) is 46.0 Å². The van der Waals surface area contributed by atoms with Gasteiger partial charge in [0, 0.05) is 30.4 Å². The van der Waals surface area contributed by atoms with Crippen LogP contribution in [0.25, 0.3) is 0 Å². The quantitative estimate of drug-likeness (QED) is 0.818. The molecule has 5 nitrogen and oxygen atoms in total. The minimum atomic E-state index is -0.109. The van der Waals surface area contributed by atoms with Gasteiger partial charge in [-0.2, -0.15) is 0 Å². The lowest BCUT2D eigenvalue weighted by molar-refractivity contribution is 0.0910. The Morgan fingerprint density at radius 2 is 2.19 bits per heavy atom. The van der Waals surface area contributed by atoms with E-state index in [1.54, 1.807) is 18.3 Å². The molecular weight excluding hydrogens is 284 g/mol. The number of nitrogens with zero attached hydrogens (tertiary/aromatic N) is 2. The number of nitrogens with one attached hydrogen (secondary N) is 1. The van der Waals surface area contributed by atoms with Crippen LogP contribution in [0.1, 0.15) is 41.7 Å². The zero-order valence-corrected chi connectivity index (χ0v) is 12.7. The second kappa shape index (κ2) is 6.07. The molecule has 1 amide bonds. The molecule has 0 saturated carbocycles. The van der Waals surface area contributed by atoms with Crippen molar-refractivity contribution in [1.82, 2.24) is 15.2 Å². The first kappa shape index (κ1) is 14.4. The van der Waals surface area contributed by atoms with Crippen LogP contribution < -0.4 is 11.1 Å². The van der Waals surface area contributed by atoms with E-state index in [1.807, 2.05) is 0 Å². The molecule has 2 fully saturated rings. The predicted octanol–water partition coefficient (Wildman–Crippen LogP) is 1.07. The van der Waals surface area contributed by atoms with Crippen molar-refractivity contribution in [2.24, 2.45) is 5.73 Å². The molecule has 2 aliphatic rings. The Balaban J connectivity index is 1.64. The van der Waals surface area contributed by atoms with Crippen molar-refractivity contribution in [2.45, 2.75) is 37.8 Å². The van der Waals surface area contributed by atoms with Gasteiger partial charge in [-0.15, -0.1) is 0 Å². The van der Waals surface area contributed by atoms with Crippen molar-refractivity contribution in [3.8, 4) is 0 Å². The molecule has 0 aromatic carbocycles. The second-order valence-corrected chi connectivity index (χ2v) is 6.20. The summed E-state index contributed by atoms with van der Waals surface area (Å²) in [5.74, 6) is -0.109. The lowest BCUT2D eigenvalue weighted by Crippen LogP contribution is -2.46. The summed E-state index contributed by atoms with van der Waals surface area (Å²) in [6.45, 7) is 2.25. The van der Waals surface area contributed by atoms with E-state index in [9.17, 15) is 4.79 Å². The van der Waals surface area contributed by atoms with Crippen LogP contribution in [0, 0.1) is 0 Å². The van der Waals surface area contributed by atoms with Gasteiger partial charge in [-0.25, -0.2) is 0 Å².